The third kappa shape index (κ3) is 13.8. The number of carbonyl (C=O) groups excluding carboxylic acids is 3. The highest BCUT2D eigenvalue weighted by molar-refractivity contribution is 14.1. The Morgan fingerprint density at radius 2 is 1.57 bits per heavy atom. The van der Waals surface area contributed by atoms with Crippen LogP contribution in [0.5, 0.6) is 5.75 Å². The van der Waals surface area contributed by atoms with E-state index in [1.165, 1.54) is 6.20 Å². The van der Waals surface area contributed by atoms with Crippen LogP contribution in [0.1, 0.15) is 67.5 Å². The summed E-state index contributed by atoms with van der Waals surface area (Å²) in [5, 5.41) is 2.57. The summed E-state index contributed by atoms with van der Waals surface area (Å²) < 4.78 is 34.7. The number of alkyl halides is 2. The molecule has 0 saturated heterocycles. The van der Waals surface area contributed by atoms with Gasteiger partial charge in [-0.1, -0.05) is 22.6 Å². The maximum Gasteiger partial charge on any atom is 0.408 e. The lowest BCUT2D eigenvalue weighted by atomic mass is 9.94. The van der Waals surface area contributed by atoms with Crippen molar-refractivity contribution >= 4 is 40.6 Å². The Morgan fingerprint density at radius 1 is 0.973 bits per heavy atom. The Labute approximate surface area is 232 Å². The van der Waals surface area contributed by atoms with Gasteiger partial charge in [0.05, 0.1) is 12.1 Å². The summed E-state index contributed by atoms with van der Waals surface area (Å²) in [5.74, 6) is -1.71. The summed E-state index contributed by atoms with van der Waals surface area (Å²) in [6, 6.07) is 2.09. The normalized spacial score (nSPS) is 13.8. The minimum Gasteiger partial charge on any atom is -0.489 e. The van der Waals surface area contributed by atoms with Crippen molar-refractivity contribution in [1.82, 2.24) is 10.3 Å². The number of esters is 2. The van der Waals surface area contributed by atoms with E-state index in [1.807, 2.05) is 0 Å². The van der Waals surface area contributed by atoms with Gasteiger partial charge in [-0.2, -0.15) is 0 Å². The van der Waals surface area contributed by atoms with Gasteiger partial charge >= 0.3 is 18.0 Å². The van der Waals surface area contributed by atoms with Crippen molar-refractivity contribution in [2.75, 3.05) is 17.7 Å². The van der Waals surface area contributed by atoms with Crippen LogP contribution in [0.4, 0.5) is 9.18 Å². The Morgan fingerprint density at radius 3 is 2.05 bits per heavy atom. The molecule has 0 aliphatic rings. The summed E-state index contributed by atoms with van der Waals surface area (Å²) in [6.45, 7) is 13.1. The average molecular weight is 639 g/mol. The number of pyridine rings is 1. The van der Waals surface area contributed by atoms with Crippen LogP contribution in [0, 0.1) is 5.92 Å². The van der Waals surface area contributed by atoms with E-state index in [0.717, 1.165) is 0 Å². The molecule has 1 aromatic heterocycles. The van der Waals surface area contributed by atoms with Crippen LogP contribution in [0.3, 0.4) is 0 Å². The molecular formula is C26H40FIN2O7. The molecule has 37 heavy (non-hydrogen) atoms. The molecule has 9 nitrogen and oxygen atoms in total. The molecule has 2 unspecified atom stereocenters. The van der Waals surface area contributed by atoms with Crippen molar-refractivity contribution in [3.8, 4) is 5.75 Å². The first kappa shape index (κ1) is 32.8. The van der Waals surface area contributed by atoms with Gasteiger partial charge in [0.2, 0.25) is 0 Å². The molecular weight excluding hydrogens is 598 g/mol. The van der Waals surface area contributed by atoms with Crippen LogP contribution in [0.15, 0.2) is 18.3 Å². The van der Waals surface area contributed by atoms with Crippen molar-refractivity contribution in [1.29, 1.82) is 0 Å². The highest BCUT2D eigenvalue weighted by atomic mass is 127. The summed E-state index contributed by atoms with van der Waals surface area (Å²) in [4.78, 5) is 43.2. The molecule has 11 heteroatoms. The van der Waals surface area contributed by atoms with Crippen molar-refractivity contribution in [3.63, 3.8) is 0 Å². The van der Waals surface area contributed by atoms with Crippen LogP contribution < -0.4 is 10.1 Å². The van der Waals surface area contributed by atoms with E-state index in [0.29, 0.717) is 15.9 Å². The molecule has 1 aromatic rings. The van der Waals surface area contributed by atoms with E-state index < -0.39 is 53.5 Å². The van der Waals surface area contributed by atoms with E-state index in [-0.39, 0.29) is 19.4 Å². The number of amides is 1. The zero-order valence-electron chi connectivity index (χ0n) is 23.0. The van der Waals surface area contributed by atoms with Gasteiger partial charge in [0, 0.05) is 16.5 Å². The van der Waals surface area contributed by atoms with Gasteiger partial charge in [0.1, 0.15) is 41.9 Å². The SMILES string of the molecule is CC(C)(C)OC(=O)C(Cc1ccc(OCCF)cn1)CC(NC(=O)OC(C)(C)CI)C(=O)OC(C)(C)C. The molecule has 0 radical (unpaired) electrons. The molecule has 0 aliphatic heterocycles. The second kappa shape index (κ2) is 14.1. The van der Waals surface area contributed by atoms with Gasteiger partial charge in [-0.05, 0) is 73.9 Å². The number of hydrogen-bond donors (Lipinski definition) is 1. The lowest BCUT2D eigenvalue weighted by Crippen LogP contribution is -2.48. The molecule has 1 heterocycles. The first-order chi connectivity index (χ1) is 16.9. The highest BCUT2D eigenvalue weighted by Crippen LogP contribution is 2.22. The first-order valence-electron chi connectivity index (χ1n) is 12.1. The number of ether oxygens (including phenoxy) is 4. The monoisotopic (exact) mass is 638 g/mol. The minimum absolute atomic E-state index is 0.0880. The lowest BCUT2D eigenvalue weighted by molar-refractivity contribution is -0.162. The van der Waals surface area contributed by atoms with Crippen LogP contribution >= 0.6 is 22.6 Å². The van der Waals surface area contributed by atoms with Crippen molar-refractivity contribution < 1.29 is 37.7 Å². The van der Waals surface area contributed by atoms with Crippen LogP contribution in [0.2, 0.25) is 0 Å². The van der Waals surface area contributed by atoms with Gasteiger partial charge in [-0.3, -0.25) is 9.78 Å². The Balaban J connectivity index is 3.23. The van der Waals surface area contributed by atoms with Crippen LogP contribution in [-0.2, 0) is 30.2 Å². The van der Waals surface area contributed by atoms with Gasteiger partial charge in [0.15, 0.2) is 0 Å². The molecule has 1 rings (SSSR count). The fourth-order valence-electron chi connectivity index (χ4n) is 3.00. The van der Waals surface area contributed by atoms with E-state index in [2.05, 4.69) is 32.9 Å². The molecule has 0 aliphatic carbocycles. The Bertz CT molecular complexity index is 896. The van der Waals surface area contributed by atoms with E-state index >= 15 is 0 Å². The van der Waals surface area contributed by atoms with E-state index in [4.69, 9.17) is 18.9 Å². The summed E-state index contributed by atoms with van der Waals surface area (Å²) in [5.41, 5.74) is -1.82. The zero-order chi connectivity index (χ0) is 28.4. The average Bonchev–Trinajstić information content (AvgIpc) is 2.74. The summed E-state index contributed by atoms with van der Waals surface area (Å²) >= 11 is 2.10. The highest BCUT2D eigenvalue weighted by Gasteiger charge is 2.35. The van der Waals surface area contributed by atoms with Gasteiger partial charge in [-0.15, -0.1) is 0 Å². The quantitative estimate of drug-likeness (QED) is 0.148. The molecule has 0 saturated carbocycles. The second-order valence-electron chi connectivity index (χ2n) is 11.2. The maximum absolute atomic E-state index is 13.2. The molecule has 2 atom stereocenters. The molecule has 1 N–H and O–H groups in total. The molecule has 210 valence electrons. The van der Waals surface area contributed by atoms with Crippen LogP contribution in [-0.4, -0.2) is 63.6 Å². The van der Waals surface area contributed by atoms with Crippen molar-refractivity contribution in [3.05, 3.63) is 24.0 Å². The molecule has 0 bridgehead atoms. The number of halogens is 2. The maximum atomic E-state index is 13.2. The van der Waals surface area contributed by atoms with Gasteiger partial charge < -0.3 is 24.3 Å². The Kier molecular flexibility index (Phi) is 12.5. The largest absolute Gasteiger partial charge is 0.489 e. The van der Waals surface area contributed by atoms with Gasteiger partial charge in [0.25, 0.3) is 0 Å². The fraction of sp³-hybridized carbons (Fsp3) is 0.692. The predicted molar refractivity (Wildman–Crippen MR) is 146 cm³/mol. The summed E-state index contributed by atoms with van der Waals surface area (Å²) in [6.07, 6.45) is 0.649. The third-order valence-electron chi connectivity index (χ3n) is 4.53. The number of rotatable bonds is 12. The number of carbonyl (C=O) groups is 3. The Hall–Kier alpha value is -2.18. The first-order valence-corrected chi connectivity index (χ1v) is 13.6. The van der Waals surface area contributed by atoms with Gasteiger partial charge in [-0.25, -0.2) is 14.0 Å². The number of nitrogens with one attached hydrogen (secondary N) is 1. The second-order valence-corrected chi connectivity index (χ2v) is 12.0. The third-order valence-corrected chi connectivity index (χ3v) is 6.37. The van der Waals surface area contributed by atoms with Crippen molar-refractivity contribution in [2.24, 2.45) is 5.92 Å². The lowest BCUT2D eigenvalue weighted by Gasteiger charge is -2.29. The number of alkyl carbamates (subject to hydrolysis) is 1. The zero-order valence-corrected chi connectivity index (χ0v) is 25.1. The topological polar surface area (TPSA) is 113 Å². The number of hydrogen-bond acceptors (Lipinski definition) is 8. The molecule has 0 fully saturated rings. The molecule has 1 amide bonds. The smallest absolute Gasteiger partial charge is 0.408 e. The minimum atomic E-state index is -1.18. The fourth-order valence-corrected chi connectivity index (χ4v) is 3.15. The van der Waals surface area contributed by atoms with E-state index in [9.17, 15) is 18.8 Å². The van der Waals surface area contributed by atoms with Crippen LogP contribution in [0.25, 0.3) is 0 Å². The van der Waals surface area contributed by atoms with E-state index in [1.54, 1.807) is 67.5 Å². The molecule has 0 spiro atoms. The number of aromatic nitrogens is 1. The van der Waals surface area contributed by atoms with Crippen molar-refractivity contribution in [2.45, 2.75) is 91.1 Å². The summed E-state index contributed by atoms with van der Waals surface area (Å²) in [7, 11) is 0. The predicted octanol–water partition coefficient (Wildman–Crippen LogP) is 4.97. The standard InChI is InChI=1S/C26H40FIN2O7/c1-24(2,3)35-21(31)17(13-18-9-10-19(15-29-18)34-12-11-27)14-20(22(32)36-25(4,5)6)30-23(33)37-26(7,8)16-28/h9-10,15,17,20H,11-14,16H2,1-8H3,(H,30,33). The molecule has 0 aromatic carbocycles. The number of nitrogens with zero attached hydrogens (tertiary/aromatic N) is 1.